The number of nitriles is 1. The van der Waals surface area contributed by atoms with Gasteiger partial charge in [-0.3, -0.25) is 4.79 Å². The molecule has 4 nitrogen and oxygen atoms in total. The van der Waals surface area contributed by atoms with Gasteiger partial charge < -0.3 is 5.32 Å². The molecule has 2 heterocycles. The molecule has 2 aromatic heterocycles. The van der Waals surface area contributed by atoms with Gasteiger partial charge in [-0.15, -0.1) is 11.3 Å². The topological polar surface area (TPSA) is 65.8 Å². The number of anilines is 1. The summed E-state index contributed by atoms with van der Waals surface area (Å²) in [5, 5.41) is 19.3. The first-order valence-corrected chi connectivity index (χ1v) is 9.45. The highest BCUT2D eigenvalue weighted by Crippen LogP contribution is 2.27. The Morgan fingerprint density at radius 1 is 1.36 bits per heavy atom. The first kappa shape index (κ1) is 17.4. The highest BCUT2D eigenvalue weighted by Gasteiger charge is 2.13. The average Bonchev–Trinajstić information content (AvgIpc) is 3.27. The third kappa shape index (κ3) is 3.97. The second-order valence-corrected chi connectivity index (χ2v) is 7.17. The van der Waals surface area contributed by atoms with E-state index >= 15 is 0 Å². The largest absolute Gasteiger partial charge is 0.321 e. The van der Waals surface area contributed by atoms with Crippen LogP contribution in [0.25, 0.3) is 16.6 Å². The van der Waals surface area contributed by atoms with E-state index in [4.69, 9.17) is 11.6 Å². The van der Waals surface area contributed by atoms with Crippen molar-refractivity contribution in [3.63, 3.8) is 0 Å². The SMILES string of the molecule is Cc1c(Cl)cccc1NC(=O)C(C#N)=Cc1csc(-c2ccsc2)n1. The maximum atomic E-state index is 12.4. The molecule has 1 aromatic carbocycles. The van der Waals surface area contributed by atoms with Gasteiger partial charge in [-0.2, -0.15) is 16.6 Å². The van der Waals surface area contributed by atoms with Gasteiger partial charge in [0.2, 0.25) is 0 Å². The summed E-state index contributed by atoms with van der Waals surface area (Å²) < 4.78 is 0. The molecule has 1 amide bonds. The fourth-order valence-electron chi connectivity index (χ4n) is 2.10. The number of hydrogen-bond donors (Lipinski definition) is 1. The summed E-state index contributed by atoms with van der Waals surface area (Å²) >= 11 is 9.12. The third-order valence-electron chi connectivity index (χ3n) is 3.46. The minimum absolute atomic E-state index is 0.0125. The number of rotatable bonds is 4. The van der Waals surface area contributed by atoms with Crippen molar-refractivity contribution in [2.24, 2.45) is 0 Å². The molecule has 0 saturated heterocycles. The molecule has 3 aromatic rings. The van der Waals surface area contributed by atoms with Crippen LogP contribution in [0.1, 0.15) is 11.3 Å². The van der Waals surface area contributed by atoms with E-state index in [0.717, 1.165) is 16.1 Å². The van der Waals surface area contributed by atoms with Crippen LogP contribution in [-0.4, -0.2) is 10.9 Å². The summed E-state index contributed by atoms with van der Waals surface area (Å²) in [4.78, 5) is 16.8. The lowest BCUT2D eigenvalue weighted by Gasteiger charge is -2.08. The van der Waals surface area contributed by atoms with Gasteiger partial charge in [0.15, 0.2) is 0 Å². The molecule has 0 atom stereocenters. The van der Waals surface area contributed by atoms with Crippen LogP contribution < -0.4 is 5.32 Å². The summed E-state index contributed by atoms with van der Waals surface area (Å²) in [7, 11) is 0. The summed E-state index contributed by atoms with van der Waals surface area (Å²) in [5.74, 6) is -0.488. The number of aromatic nitrogens is 1. The Morgan fingerprint density at radius 2 is 2.20 bits per heavy atom. The third-order valence-corrected chi connectivity index (χ3v) is 5.47. The van der Waals surface area contributed by atoms with E-state index in [9.17, 15) is 10.1 Å². The van der Waals surface area contributed by atoms with E-state index in [2.05, 4.69) is 10.3 Å². The summed E-state index contributed by atoms with van der Waals surface area (Å²) in [6.45, 7) is 1.81. The fourth-order valence-corrected chi connectivity index (χ4v) is 3.76. The summed E-state index contributed by atoms with van der Waals surface area (Å²) in [5.41, 5.74) is 2.94. The van der Waals surface area contributed by atoms with Crippen LogP contribution in [-0.2, 0) is 4.79 Å². The van der Waals surface area contributed by atoms with E-state index in [1.807, 2.05) is 28.3 Å². The van der Waals surface area contributed by atoms with Crippen molar-refractivity contribution < 1.29 is 4.79 Å². The van der Waals surface area contributed by atoms with Gasteiger partial charge in [0.1, 0.15) is 16.6 Å². The van der Waals surface area contributed by atoms with Gasteiger partial charge in [0, 0.05) is 27.0 Å². The van der Waals surface area contributed by atoms with Crippen LogP contribution >= 0.6 is 34.3 Å². The highest BCUT2D eigenvalue weighted by atomic mass is 35.5. The van der Waals surface area contributed by atoms with Crippen LogP contribution in [0.2, 0.25) is 5.02 Å². The van der Waals surface area contributed by atoms with E-state index in [1.165, 1.54) is 17.4 Å². The summed E-state index contributed by atoms with van der Waals surface area (Å²) in [6, 6.07) is 9.15. The molecule has 3 rings (SSSR count). The van der Waals surface area contributed by atoms with Crippen molar-refractivity contribution in [2.75, 3.05) is 5.32 Å². The Balaban J connectivity index is 1.82. The van der Waals surface area contributed by atoms with Gasteiger partial charge in [0.25, 0.3) is 5.91 Å². The van der Waals surface area contributed by atoms with Crippen molar-refractivity contribution in [3.8, 4) is 16.6 Å². The van der Waals surface area contributed by atoms with Crippen LogP contribution in [0, 0.1) is 18.3 Å². The number of carbonyl (C=O) groups excluding carboxylic acids is 1. The quantitative estimate of drug-likeness (QED) is 0.484. The first-order chi connectivity index (χ1) is 12.1. The Hall–Kier alpha value is -2.46. The first-order valence-electron chi connectivity index (χ1n) is 7.25. The van der Waals surface area contributed by atoms with Gasteiger partial charge in [0.05, 0.1) is 5.69 Å². The number of nitrogens with zero attached hydrogens (tertiary/aromatic N) is 2. The number of amides is 1. The molecule has 0 radical (unpaired) electrons. The zero-order valence-electron chi connectivity index (χ0n) is 13.1. The summed E-state index contributed by atoms with van der Waals surface area (Å²) in [6.07, 6.45) is 1.49. The number of carbonyl (C=O) groups is 1. The molecular formula is C18H12ClN3OS2. The predicted molar refractivity (Wildman–Crippen MR) is 104 cm³/mol. The van der Waals surface area contributed by atoms with Crippen molar-refractivity contribution in [1.29, 1.82) is 5.26 Å². The van der Waals surface area contributed by atoms with Crippen LogP contribution in [0.3, 0.4) is 0 Å². The maximum Gasteiger partial charge on any atom is 0.266 e. The molecular weight excluding hydrogens is 374 g/mol. The van der Waals surface area contributed by atoms with Gasteiger partial charge in [-0.05, 0) is 42.1 Å². The normalized spacial score (nSPS) is 11.2. The molecule has 0 aliphatic heterocycles. The number of halogens is 1. The molecule has 0 bridgehead atoms. The van der Waals surface area contributed by atoms with E-state index in [1.54, 1.807) is 36.5 Å². The molecule has 0 unspecified atom stereocenters. The van der Waals surface area contributed by atoms with Crippen LogP contribution in [0.5, 0.6) is 0 Å². The second-order valence-electron chi connectivity index (χ2n) is 5.13. The molecule has 0 saturated carbocycles. The number of thiophene rings is 1. The predicted octanol–water partition coefficient (Wildman–Crippen LogP) is 5.38. The van der Waals surface area contributed by atoms with E-state index in [-0.39, 0.29) is 5.57 Å². The Morgan fingerprint density at radius 3 is 2.92 bits per heavy atom. The van der Waals surface area contributed by atoms with Crippen molar-refractivity contribution in [2.45, 2.75) is 6.92 Å². The monoisotopic (exact) mass is 385 g/mol. The van der Waals surface area contributed by atoms with Crippen molar-refractivity contribution in [3.05, 3.63) is 62.3 Å². The molecule has 25 heavy (non-hydrogen) atoms. The number of nitrogens with one attached hydrogen (secondary N) is 1. The molecule has 124 valence electrons. The minimum atomic E-state index is -0.488. The van der Waals surface area contributed by atoms with Gasteiger partial charge >= 0.3 is 0 Å². The zero-order valence-corrected chi connectivity index (χ0v) is 15.5. The molecule has 0 aliphatic rings. The number of hydrogen-bond acceptors (Lipinski definition) is 5. The van der Waals surface area contributed by atoms with Crippen molar-refractivity contribution >= 4 is 51.9 Å². The van der Waals surface area contributed by atoms with Gasteiger partial charge in [-0.1, -0.05) is 17.7 Å². The van der Waals surface area contributed by atoms with Crippen LogP contribution in [0.15, 0.2) is 46.0 Å². The second kappa shape index (κ2) is 7.62. The average molecular weight is 386 g/mol. The van der Waals surface area contributed by atoms with Crippen LogP contribution in [0.4, 0.5) is 5.69 Å². The fraction of sp³-hybridized carbons (Fsp3) is 0.0556. The zero-order chi connectivity index (χ0) is 17.8. The highest BCUT2D eigenvalue weighted by molar-refractivity contribution is 7.14. The number of benzene rings is 1. The lowest BCUT2D eigenvalue weighted by molar-refractivity contribution is -0.112. The minimum Gasteiger partial charge on any atom is -0.321 e. The molecule has 0 aliphatic carbocycles. The molecule has 1 N–H and O–H groups in total. The Labute approximate surface area is 158 Å². The molecule has 7 heteroatoms. The molecule has 0 fully saturated rings. The number of thiazole rings is 1. The smallest absolute Gasteiger partial charge is 0.266 e. The lowest BCUT2D eigenvalue weighted by Crippen LogP contribution is -2.14. The molecule has 0 spiro atoms. The van der Waals surface area contributed by atoms with Crippen molar-refractivity contribution in [1.82, 2.24) is 4.98 Å². The standard InChI is InChI=1S/C18H12ClN3OS2/c1-11-15(19)3-2-4-16(11)22-17(23)13(8-20)7-14-10-25-18(21-14)12-5-6-24-9-12/h2-7,9-10H,1H3,(H,22,23). The Bertz CT molecular complexity index is 984. The lowest BCUT2D eigenvalue weighted by atomic mass is 10.1. The Kier molecular flexibility index (Phi) is 5.29. The van der Waals surface area contributed by atoms with E-state index in [0.29, 0.717) is 16.4 Å². The van der Waals surface area contributed by atoms with E-state index < -0.39 is 5.91 Å². The van der Waals surface area contributed by atoms with Gasteiger partial charge in [-0.25, -0.2) is 4.98 Å². The maximum absolute atomic E-state index is 12.4.